The van der Waals surface area contributed by atoms with Crippen LogP contribution in [0.5, 0.6) is 0 Å². The van der Waals surface area contributed by atoms with Crippen molar-refractivity contribution in [1.82, 2.24) is 6.15 Å². The third kappa shape index (κ3) is 403. The van der Waals surface area contributed by atoms with Crippen molar-refractivity contribution in [2.75, 3.05) is 0 Å². The van der Waals surface area contributed by atoms with Crippen LogP contribution in [0.25, 0.3) is 0 Å². The molecule has 5 heteroatoms. The van der Waals surface area contributed by atoms with Crippen LogP contribution in [0.15, 0.2) is 0 Å². The number of quaternary nitrogens is 1. The second-order valence-corrected chi connectivity index (χ2v) is 0.250. The zero-order valence-corrected chi connectivity index (χ0v) is 4.10. The van der Waals surface area contributed by atoms with Gasteiger partial charge in [-0.2, -0.15) is 0 Å². The molecule has 0 unspecified atom stereocenters. The molecule has 0 atom stereocenters. The monoisotopic (exact) mass is 137 g/mol. The minimum absolute atomic E-state index is 0. The summed E-state index contributed by atoms with van der Waals surface area (Å²) in [5.41, 5.74) is 0. The van der Waals surface area contributed by atoms with E-state index in [4.69, 9.17) is 15.0 Å². The minimum atomic E-state index is -2.33. The molecule has 0 saturated carbocycles. The van der Waals surface area contributed by atoms with E-state index in [1.54, 1.807) is 0 Å². The van der Waals surface area contributed by atoms with Crippen LogP contribution < -0.4 is 16.4 Å². The normalized spacial score (nSPS) is 4.00. The van der Waals surface area contributed by atoms with E-state index in [0.717, 1.165) is 0 Å². The Kier molecular flexibility index (Phi) is 25.3. The second kappa shape index (κ2) is 8.83. The molecule has 0 aliphatic carbocycles. The van der Waals surface area contributed by atoms with E-state index in [-0.39, 0.29) is 22.9 Å². The summed E-state index contributed by atoms with van der Waals surface area (Å²) in [6, 6.07) is 0. The minimum Gasteiger partial charge on any atom is -0.652 e. The summed E-state index contributed by atoms with van der Waals surface area (Å²) in [5, 5.41) is 16.7. The molecule has 0 aliphatic rings. The van der Waals surface area contributed by atoms with Crippen LogP contribution >= 0.6 is 0 Å². The van der Waals surface area contributed by atoms with Gasteiger partial charge in [0.2, 0.25) is 0 Å². The molecule has 0 heterocycles. The molecule has 1 radical (unpaired) electrons. The van der Waals surface area contributed by atoms with Crippen molar-refractivity contribution in [2.45, 2.75) is 0 Å². The SMILES string of the molecule is O=C([O-])[O-].[Co].[NH4+]. The first-order valence-electron chi connectivity index (χ1n) is 0.612. The summed E-state index contributed by atoms with van der Waals surface area (Å²) in [6.45, 7) is 0. The van der Waals surface area contributed by atoms with E-state index in [1.165, 1.54) is 0 Å². The van der Waals surface area contributed by atoms with Crippen molar-refractivity contribution < 1.29 is 31.8 Å². The zero-order valence-electron chi connectivity index (χ0n) is 3.06. The molecule has 0 aromatic rings. The molecule has 0 fully saturated rings. The van der Waals surface area contributed by atoms with Gasteiger partial charge < -0.3 is 21.2 Å². The van der Waals surface area contributed by atoms with Gasteiger partial charge in [0.15, 0.2) is 0 Å². The second-order valence-electron chi connectivity index (χ2n) is 0.250. The Morgan fingerprint density at radius 2 is 1.33 bits per heavy atom. The summed E-state index contributed by atoms with van der Waals surface area (Å²) in [6.07, 6.45) is -2.33. The van der Waals surface area contributed by atoms with Crippen molar-refractivity contribution >= 4 is 6.16 Å². The van der Waals surface area contributed by atoms with Crippen LogP contribution in [0.3, 0.4) is 0 Å². The van der Waals surface area contributed by atoms with Gasteiger partial charge in [0.25, 0.3) is 0 Å². The summed E-state index contributed by atoms with van der Waals surface area (Å²) in [4.78, 5) is 8.33. The van der Waals surface area contributed by atoms with Gasteiger partial charge in [0.05, 0.1) is 0 Å². The van der Waals surface area contributed by atoms with Crippen molar-refractivity contribution in [2.24, 2.45) is 0 Å². The molecule has 0 amide bonds. The van der Waals surface area contributed by atoms with Crippen LogP contribution in [-0.4, -0.2) is 6.16 Å². The Morgan fingerprint density at radius 3 is 1.33 bits per heavy atom. The van der Waals surface area contributed by atoms with Gasteiger partial charge in [-0.05, 0) is 6.16 Å². The molecule has 41 valence electrons. The summed E-state index contributed by atoms with van der Waals surface area (Å²) in [5.74, 6) is 0. The largest absolute Gasteiger partial charge is 0.652 e. The first-order chi connectivity index (χ1) is 1.73. The smallest absolute Gasteiger partial charge is 0 e. The molecule has 0 saturated heterocycles. The van der Waals surface area contributed by atoms with Crippen molar-refractivity contribution in [3.8, 4) is 0 Å². The third-order valence-corrected chi connectivity index (χ3v) is 0. The van der Waals surface area contributed by atoms with E-state index in [0.29, 0.717) is 0 Å². The average Bonchev–Trinajstić information content (AvgIpc) is 0.811. The molecule has 0 bridgehead atoms. The van der Waals surface area contributed by atoms with Crippen LogP contribution in [0.4, 0.5) is 4.79 Å². The number of carbonyl (C=O) groups is 1. The summed E-state index contributed by atoms with van der Waals surface area (Å²) < 4.78 is 0. The van der Waals surface area contributed by atoms with Gasteiger partial charge >= 0.3 is 0 Å². The van der Waals surface area contributed by atoms with E-state index >= 15 is 0 Å². The summed E-state index contributed by atoms with van der Waals surface area (Å²) in [7, 11) is 0. The van der Waals surface area contributed by atoms with E-state index in [2.05, 4.69) is 0 Å². The average molecular weight is 137 g/mol. The molecule has 0 rings (SSSR count). The number of carbonyl (C=O) groups excluding carboxylic acids is 1. The van der Waals surface area contributed by atoms with Crippen LogP contribution in [0, 0.1) is 0 Å². The van der Waals surface area contributed by atoms with Crippen molar-refractivity contribution in [3.63, 3.8) is 0 Å². The van der Waals surface area contributed by atoms with Gasteiger partial charge in [-0.15, -0.1) is 0 Å². The number of hydrogen-bond acceptors (Lipinski definition) is 3. The molecule has 0 spiro atoms. The number of rotatable bonds is 0. The molecule has 0 aromatic heterocycles. The molecule has 4 N–H and O–H groups in total. The fourth-order valence-electron chi connectivity index (χ4n) is 0. The topological polar surface area (TPSA) is 99.7 Å². The van der Waals surface area contributed by atoms with Crippen LogP contribution in [0.2, 0.25) is 0 Å². The predicted octanol–water partition coefficient (Wildman–Crippen LogP) is -2.07. The Bertz CT molecular complexity index is 33.8. The maximum absolute atomic E-state index is 8.33. The quantitative estimate of drug-likeness (QED) is 0.414. The maximum Gasteiger partial charge on any atom is 0 e. The predicted molar refractivity (Wildman–Crippen MR) is 11.4 cm³/mol. The Morgan fingerprint density at radius 1 is 1.33 bits per heavy atom. The van der Waals surface area contributed by atoms with Crippen LogP contribution in [-0.2, 0) is 16.8 Å². The fourth-order valence-corrected chi connectivity index (χ4v) is 0. The first-order valence-corrected chi connectivity index (χ1v) is 0.612. The third-order valence-electron chi connectivity index (χ3n) is 0. The fraction of sp³-hybridized carbons (Fsp3) is 0. The van der Waals surface area contributed by atoms with Gasteiger partial charge in [0.1, 0.15) is 0 Å². The Balaban J connectivity index is -0.0000000450. The summed E-state index contributed by atoms with van der Waals surface area (Å²) >= 11 is 0. The number of carboxylic acid groups (broad SMARTS) is 2. The van der Waals surface area contributed by atoms with Crippen molar-refractivity contribution in [3.05, 3.63) is 0 Å². The van der Waals surface area contributed by atoms with Gasteiger partial charge in [0, 0.05) is 16.8 Å². The number of hydrogen-bond donors (Lipinski definition) is 1. The maximum atomic E-state index is 8.33. The standard InChI is InChI=1S/CH2O3.Co.H3N/c2-1(3)4;;/h(H2,2,3,4);;1H3/p-1. The molecule has 6 heavy (non-hydrogen) atoms. The van der Waals surface area contributed by atoms with E-state index < -0.39 is 6.16 Å². The Hall–Kier alpha value is -0.264. The molecular formula is CH4CoNO3-. The molecule has 0 aromatic carbocycles. The first kappa shape index (κ1) is 17.2. The molecular weight excluding hydrogens is 133 g/mol. The molecule has 4 nitrogen and oxygen atoms in total. The Labute approximate surface area is 44.9 Å². The van der Waals surface area contributed by atoms with Crippen LogP contribution in [0.1, 0.15) is 0 Å². The van der Waals surface area contributed by atoms with Gasteiger partial charge in [-0.25, -0.2) is 0 Å². The van der Waals surface area contributed by atoms with Crippen molar-refractivity contribution in [1.29, 1.82) is 0 Å². The van der Waals surface area contributed by atoms with Gasteiger partial charge in [-0.1, -0.05) is 0 Å². The van der Waals surface area contributed by atoms with Gasteiger partial charge in [-0.3, -0.25) is 0 Å². The molecule has 0 aliphatic heterocycles. The van der Waals surface area contributed by atoms with E-state index in [9.17, 15) is 0 Å². The van der Waals surface area contributed by atoms with E-state index in [1.807, 2.05) is 0 Å². The zero-order chi connectivity index (χ0) is 3.58.